The molecule has 2 N–H and O–H groups in total. The third-order valence-corrected chi connectivity index (χ3v) is 4.15. The molecule has 5 nitrogen and oxygen atoms in total. The van der Waals surface area contributed by atoms with Gasteiger partial charge in [-0.2, -0.15) is 0 Å². The van der Waals surface area contributed by atoms with Gasteiger partial charge in [0.05, 0.1) is 11.0 Å². The SMILES string of the molecule is Cn1c(C2CC2)nc2cc(CNC(=O)NCC(C)(C)C)ccc21. The molecule has 0 aliphatic heterocycles. The zero-order valence-corrected chi connectivity index (χ0v) is 14.4. The van der Waals surface area contributed by atoms with Gasteiger partial charge in [0.2, 0.25) is 0 Å². The van der Waals surface area contributed by atoms with E-state index < -0.39 is 0 Å². The number of fused-ring (bicyclic) bond motifs is 1. The van der Waals surface area contributed by atoms with E-state index in [0.29, 0.717) is 19.0 Å². The van der Waals surface area contributed by atoms with Crippen molar-refractivity contribution in [3.63, 3.8) is 0 Å². The second-order valence-electron chi connectivity index (χ2n) is 7.72. The molecular weight excluding hydrogens is 288 g/mol. The van der Waals surface area contributed by atoms with Gasteiger partial charge in [0.15, 0.2) is 0 Å². The topological polar surface area (TPSA) is 59.0 Å². The maximum atomic E-state index is 11.8. The van der Waals surface area contributed by atoms with E-state index in [0.717, 1.165) is 16.6 Å². The molecule has 2 amide bonds. The molecule has 0 unspecified atom stereocenters. The first kappa shape index (κ1) is 15.8. The van der Waals surface area contributed by atoms with Crippen molar-refractivity contribution in [2.45, 2.75) is 46.1 Å². The van der Waals surface area contributed by atoms with Crippen molar-refractivity contribution in [2.24, 2.45) is 12.5 Å². The van der Waals surface area contributed by atoms with Gasteiger partial charge in [-0.1, -0.05) is 26.8 Å². The minimum absolute atomic E-state index is 0.0867. The lowest BCUT2D eigenvalue weighted by atomic mass is 9.97. The Kier molecular flexibility index (Phi) is 4.04. The largest absolute Gasteiger partial charge is 0.338 e. The zero-order valence-electron chi connectivity index (χ0n) is 14.4. The Balaban J connectivity index is 1.63. The first-order chi connectivity index (χ1) is 10.8. The summed E-state index contributed by atoms with van der Waals surface area (Å²) in [6, 6.07) is 6.11. The molecule has 23 heavy (non-hydrogen) atoms. The summed E-state index contributed by atoms with van der Waals surface area (Å²) in [7, 11) is 2.08. The summed E-state index contributed by atoms with van der Waals surface area (Å²) >= 11 is 0. The molecule has 1 heterocycles. The van der Waals surface area contributed by atoms with Crippen LogP contribution in [0, 0.1) is 5.41 Å². The van der Waals surface area contributed by atoms with Gasteiger partial charge < -0.3 is 15.2 Å². The number of aromatic nitrogens is 2. The predicted octanol–water partition coefficient (Wildman–Crippen LogP) is 3.30. The Hall–Kier alpha value is -2.04. The second kappa shape index (κ2) is 5.87. The van der Waals surface area contributed by atoms with Crippen molar-refractivity contribution in [3.8, 4) is 0 Å². The fourth-order valence-electron chi connectivity index (χ4n) is 2.67. The number of carbonyl (C=O) groups excluding carboxylic acids is 1. The average molecular weight is 314 g/mol. The van der Waals surface area contributed by atoms with E-state index in [9.17, 15) is 4.79 Å². The van der Waals surface area contributed by atoms with Gasteiger partial charge >= 0.3 is 6.03 Å². The lowest BCUT2D eigenvalue weighted by molar-refractivity contribution is 0.235. The molecule has 1 fully saturated rings. The highest BCUT2D eigenvalue weighted by molar-refractivity contribution is 5.78. The molecule has 5 heteroatoms. The van der Waals surface area contributed by atoms with E-state index in [1.165, 1.54) is 18.7 Å². The first-order valence-electron chi connectivity index (χ1n) is 8.30. The number of hydrogen-bond acceptors (Lipinski definition) is 2. The molecule has 0 spiro atoms. The summed E-state index contributed by atoms with van der Waals surface area (Å²) in [6.07, 6.45) is 2.50. The van der Waals surface area contributed by atoms with Crippen molar-refractivity contribution in [3.05, 3.63) is 29.6 Å². The highest BCUT2D eigenvalue weighted by Gasteiger charge is 2.28. The van der Waals surface area contributed by atoms with E-state index in [4.69, 9.17) is 4.98 Å². The van der Waals surface area contributed by atoms with E-state index in [-0.39, 0.29) is 11.4 Å². The second-order valence-corrected chi connectivity index (χ2v) is 7.72. The highest BCUT2D eigenvalue weighted by Crippen LogP contribution is 2.40. The molecule has 1 aliphatic carbocycles. The van der Waals surface area contributed by atoms with Gasteiger partial charge in [-0.25, -0.2) is 9.78 Å². The Morgan fingerprint density at radius 2 is 2.04 bits per heavy atom. The average Bonchev–Trinajstić information content (AvgIpc) is 3.27. The van der Waals surface area contributed by atoms with E-state index in [1.54, 1.807) is 0 Å². The van der Waals surface area contributed by atoms with Crippen LogP contribution in [0.3, 0.4) is 0 Å². The maximum Gasteiger partial charge on any atom is 0.315 e. The van der Waals surface area contributed by atoms with Gasteiger partial charge in [-0.05, 0) is 36.0 Å². The summed E-state index contributed by atoms with van der Waals surface area (Å²) in [6.45, 7) is 7.46. The molecule has 2 aromatic rings. The molecule has 1 saturated carbocycles. The molecule has 3 rings (SSSR count). The number of urea groups is 1. The van der Waals surface area contributed by atoms with Crippen LogP contribution in [0.5, 0.6) is 0 Å². The smallest absolute Gasteiger partial charge is 0.315 e. The van der Waals surface area contributed by atoms with Crippen molar-refractivity contribution >= 4 is 17.1 Å². The van der Waals surface area contributed by atoms with Crippen LogP contribution in [0.4, 0.5) is 4.79 Å². The van der Waals surface area contributed by atoms with Crippen LogP contribution >= 0.6 is 0 Å². The number of amides is 2. The van der Waals surface area contributed by atoms with Crippen molar-refractivity contribution in [1.82, 2.24) is 20.2 Å². The summed E-state index contributed by atoms with van der Waals surface area (Å²) in [4.78, 5) is 16.6. The number of aryl methyl sites for hydroxylation is 1. The lowest BCUT2D eigenvalue weighted by Gasteiger charge is -2.18. The first-order valence-corrected chi connectivity index (χ1v) is 8.30. The van der Waals surface area contributed by atoms with Crippen LogP contribution in [0.1, 0.15) is 50.9 Å². The normalized spacial score (nSPS) is 15.0. The van der Waals surface area contributed by atoms with Crippen LogP contribution in [0.25, 0.3) is 11.0 Å². The summed E-state index contributed by atoms with van der Waals surface area (Å²) in [5.41, 5.74) is 3.34. The quantitative estimate of drug-likeness (QED) is 0.909. The maximum absolute atomic E-state index is 11.8. The minimum atomic E-state index is -0.125. The number of nitrogens with one attached hydrogen (secondary N) is 2. The highest BCUT2D eigenvalue weighted by atomic mass is 16.2. The summed E-state index contributed by atoms with van der Waals surface area (Å²) in [5.74, 6) is 1.82. The Morgan fingerprint density at radius 1 is 1.30 bits per heavy atom. The van der Waals surface area contributed by atoms with Gasteiger partial charge in [-0.15, -0.1) is 0 Å². The van der Waals surface area contributed by atoms with E-state index in [2.05, 4.69) is 61.2 Å². The Bertz CT molecular complexity index is 722. The number of hydrogen-bond donors (Lipinski definition) is 2. The lowest BCUT2D eigenvalue weighted by Crippen LogP contribution is -2.39. The van der Waals surface area contributed by atoms with Gasteiger partial charge in [-0.3, -0.25) is 0 Å². The third-order valence-electron chi connectivity index (χ3n) is 4.15. The van der Waals surface area contributed by atoms with Gasteiger partial charge in [0.1, 0.15) is 5.82 Å². The van der Waals surface area contributed by atoms with Crippen LogP contribution < -0.4 is 10.6 Å². The van der Waals surface area contributed by atoms with Crippen molar-refractivity contribution in [2.75, 3.05) is 6.54 Å². The third kappa shape index (κ3) is 3.84. The minimum Gasteiger partial charge on any atom is -0.338 e. The molecule has 1 aliphatic rings. The number of imidazole rings is 1. The molecule has 0 bridgehead atoms. The fraction of sp³-hybridized carbons (Fsp3) is 0.556. The van der Waals surface area contributed by atoms with Crippen LogP contribution in [0.2, 0.25) is 0 Å². The molecular formula is C18H26N4O. The van der Waals surface area contributed by atoms with Gasteiger partial charge in [0.25, 0.3) is 0 Å². The standard InChI is InChI=1S/C18H26N4O/c1-18(2,3)11-20-17(23)19-10-12-5-8-15-14(9-12)21-16(22(15)4)13-6-7-13/h5,8-9,13H,6-7,10-11H2,1-4H3,(H2,19,20,23). The Labute approximate surface area is 137 Å². The Morgan fingerprint density at radius 3 is 2.70 bits per heavy atom. The molecule has 0 radical (unpaired) electrons. The van der Waals surface area contributed by atoms with Crippen molar-refractivity contribution in [1.29, 1.82) is 0 Å². The van der Waals surface area contributed by atoms with Crippen molar-refractivity contribution < 1.29 is 4.79 Å². The predicted molar refractivity (Wildman–Crippen MR) is 92.4 cm³/mol. The van der Waals surface area contributed by atoms with E-state index in [1.807, 2.05) is 0 Å². The molecule has 0 atom stereocenters. The molecule has 1 aromatic heterocycles. The number of rotatable bonds is 4. The van der Waals surface area contributed by atoms with E-state index >= 15 is 0 Å². The van der Waals surface area contributed by atoms with Crippen LogP contribution in [0.15, 0.2) is 18.2 Å². The summed E-state index contributed by atoms with van der Waals surface area (Å²) < 4.78 is 2.19. The fourth-order valence-corrected chi connectivity index (χ4v) is 2.67. The zero-order chi connectivity index (χ0) is 16.6. The monoisotopic (exact) mass is 314 g/mol. The molecule has 0 saturated heterocycles. The molecule has 1 aromatic carbocycles. The molecule has 124 valence electrons. The van der Waals surface area contributed by atoms with Crippen LogP contribution in [-0.2, 0) is 13.6 Å². The van der Waals surface area contributed by atoms with Gasteiger partial charge in [0, 0.05) is 26.1 Å². The number of nitrogens with zero attached hydrogens (tertiary/aromatic N) is 2. The van der Waals surface area contributed by atoms with Crippen LogP contribution in [-0.4, -0.2) is 22.1 Å². The number of benzene rings is 1. The number of carbonyl (C=O) groups is 1. The summed E-state index contributed by atoms with van der Waals surface area (Å²) in [5, 5.41) is 5.80.